The average molecular weight is 363 g/mol. The van der Waals surface area contributed by atoms with E-state index in [-0.39, 0.29) is 17.9 Å². The molecule has 7 heteroatoms. The Bertz CT molecular complexity index is 944. The van der Waals surface area contributed by atoms with E-state index >= 15 is 0 Å². The van der Waals surface area contributed by atoms with Gasteiger partial charge in [-0.1, -0.05) is 23.4 Å². The summed E-state index contributed by atoms with van der Waals surface area (Å²) in [4.78, 5) is 17.2. The second-order valence-corrected chi connectivity index (χ2v) is 7.46. The molecule has 1 saturated carbocycles. The van der Waals surface area contributed by atoms with Crippen LogP contribution in [0.1, 0.15) is 64.6 Å². The smallest absolute Gasteiger partial charge is 0.251 e. The number of aromatic amines is 1. The fourth-order valence-corrected chi connectivity index (χ4v) is 3.80. The first-order valence-corrected chi connectivity index (χ1v) is 9.48. The van der Waals surface area contributed by atoms with Crippen molar-refractivity contribution >= 4 is 5.91 Å². The predicted octanol–water partition coefficient (Wildman–Crippen LogP) is 2.95. The molecular weight excluding hydrogens is 342 g/mol. The summed E-state index contributed by atoms with van der Waals surface area (Å²) in [6, 6.07) is 9.05. The van der Waals surface area contributed by atoms with Crippen LogP contribution in [0.15, 0.2) is 41.1 Å². The molecule has 0 aliphatic heterocycles. The summed E-state index contributed by atoms with van der Waals surface area (Å²) >= 11 is 0. The summed E-state index contributed by atoms with van der Waals surface area (Å²) in [5.41, 5.74) is 3.07. The monoisotopic (exact) mass is 363 g/mol. The quantitative estimate of drug-likeness (QED) is 0.726. The van der Waals surface area contributed by atoms with E-state index in [1.54, 1.807) is 0 Å². The molecule has 0 radical (unpaired) electrons. The summed E-state index contributed by atoms with van der Waals surface area (Å²) in [6.45, 7) is 0. The third-order valence-corrected chi connectivity index (χ3v) is 5.52. The number of benzene rings is 1. The van der Waals surface area contributed by atoms with Crippen LogP contribution in [0, 0.1) is 5.92 Å². The van der Waals surface area contributed by atoms with Gasteiger partial charge in [-0.25, -0.2) is 0 Å². The fraction of sp³-hybridized carbons (Fsp3) is 0.400. The summed E-state index contributed by atoms with van der Waals surface area (Å²) in [5, 5.41) is 14.5. The van der Waals surface area contributed by atoms with E-state index in [0.717, 1.165) is 32.1 Å². The highest BCUT2D eigenvalue weighted by atomic mass is 16.5. The van der Waals surface area contributed by atoms with Crippen LogP contribution >= 0.6 is 0 Å². The lowest BCUT2D eigenvalue weighted by molar-refractivity contribution is 0.0929. The van der Waals surface area contributed by atoms with Crippen molar-refractivity contribution in [2.75, 3.05) is 0 Å². The van der Waals surface area contributed by atoms with Gasteiger partial charge in [-0.2, -0.15) is 10.1 Å². The van der Waals surface area contributed by atoms with E-state index in [1.165, 1.54) is 11.3 Å². The van der Waals surface area contributed by atoms with E-state index in [4.69, 9.17) is 4.52 Å². The molecule has 2 unspecified atom stereocenters. The van der Waals surface area contributed by atoms with Crippen LogP contribution in [0.25, 0.3) is 0 Å². The minimum Gasteiger partial charge on any atom is -0.342 e. The highest BCUT2D eigenvalue weighted by Crippen LogP contribution is 2.41. The molecule has 2 atom stereocenters. The van der Waals surface area contributed by atoms with Crippen molar-refractivity contribution in [3.63, 3.8) is 0 Å². The number of rotatable bonds is 5. The van der Waals surface area contributed by atoms with Crippen molar-refractivity contribution in [2.24, 2.45) is 5.92 Å². The van der Waals surface area contributed by atoms with E-state index in [0.29, 0.717) is 23.2 Å². The summed E-state index contributed by atoms with van der Waals surface area (Å²) in [6.07, 6.45) is 6.79. The van der Waals surface area contributed by atoms with Crippen LogP contribution < -0.4 is 5.32 Å². The van der Waals surface area contributed by atoms with Gasteiger partial charge in [-0.05, 0) is 55.7 Å². The van der Waals surface area contributed by atoms with Crippen LogP contribution in [0.5, 0.6) is 0 Å². The number of carbonyl (C=O) groups is 1. The van der Waals surface area contributed by atoms with Crippen LogP contribution in [-0.4, -0.2) is 26.2 Å². The van der Waals surface area contributed by atoms with Crippen molar-refractivity contribution < 1.29 is 9.32 Å². The highest BCUT2D eigenvalue weighted by molar-refractivity contribution is 5.94. The molecule has 2 heterocycles. The van der Waals surface area contributed by atoms with Gasteiger partial charge in [-0.3, -0.25) is 9.89 Å². The number of H-pyrrole nitrogens is 1. The minimum atomic E-state index is -0.191. The first-order chi connectivity index (χ1) is 13.3. The van der Waals surface area contributed by atoms with Gasteiger partial charge < -0.3 is 9.84 Å². The molecule has 7 nitrogen and oxygen atoms in total. The Kier molecular flexibility index (Phi) is 3.99. The Labute approximate surface area is 156 Å². The molecule has 0 spiro atoms. The number of aromatic nitrogens is 4. The summed E-state index contributed by atoms with van der Waals surface area (Å²) in [5.74, 6) is 1.75. The lowest BCUT2D eigenvalue weighted by Gasteiger charge is -2.18. The van der Waals surface area contributed by atoms with Crippen molar-refractivity contribution in [3.05, 3.63) is 65.1 Å². The van der Waals surface area contributed by atoms with Crippen LogP contribution in [0.2, 0.25) is 0 Å². The summed E-state index contributed by atoms with van der Waals surface area (Å²) < 4.78 is 5.60. The number of nitrogens with zero attached hydrogens (tertiary/aromatic N) is 3. The molecule has 3 aromatic rings. The zero-order valence-corrected chi connectivity index (χ0v) is 14.9. The molecule has 1 aromatic carbocycles. The van der Waals surface area contributed by atoms with Gasteiger partial charge in [0.05, 0.1) is 12.2 Å². The maximum Gasteiger partial charge on any atom is 0.251 e. The molecule has 0 bridgehead atoms. The van der Waals surface area contributed by atoms with Crippen LogP contribution in [0.4, 0.5) is 0 Å². The molecule has 2 aliphatic carbocycles. The maximum absolute atomic E-state index is 12.6. The van der Waals surface area contributed by atoms with Gasteiger partial charge in [0, 0.05) is 17.2 Å². The largest absolute Gasteiger partial charge is 0.342 e. The van der Waals surface area contributed by atoms with Gasteiger partial charge >= 0.3 is 0 Å². The number of nitrogens with one attached hydrogen (secondary N) is 2. The van der Waals surface area contributed by atoms with E-state index < -0.39 is 0 Å². The van der Waals surface area contributed by atoms with E-state index in [9.17, 15) is 4.79 Å². The molecule has 2 aliphatic rings. The molecule has 5 rings (SSSR count). The Morgan fingerprint density at radius 1 is 1.22 bits per heavy atom. The molecule has 138 valence electrons. The van der Waals surface area contributed by atoms with Gasteiger partial charge in [-0.15, -0.1) is 0 Å². The lowest BCUT2D eigenvalue weighted by Crippen LogP contribution is -2.30. The van der Waals surface area contributed by atoms with Crippen LogP contribution in [0.3, 0.4) is 0 Å². The third kappa shape index (κ3) is 3.25. The number of aryl methyl sites for hydroxylation is 1. The van der Waals surface area contributed by atoms with Gasteiger partial charge in [0.1, 0.15) is 0 Å². The predicted molar refractivity (Wildman–Crippen MR) is 97.0 cm³/mol. The Balaban J connectivity index is 1.33. The van der Waals surface area contributed by atoms with Crippen molar-refractivity contribution in [1.82, 2.24) is 25.7 Å². The number of hydrogen-bond donors (Lipinski definition) is 2. The standard InChI is InChI=1S/C20H21N5O2/c26-19(13-4-2-1-3-5-13)22-17(12-6-7-12)18-23-20(27-25-18)14-8-9-16-15(10-14)11-21-24-16/h1-5,11-12,14,17H,6-10H2,(H,21,24)(H,22,26). The minimum absolute atomic E-state index is 0.0976. The number of amides is 1. The van der Waals surface area contributed by atoms with Crippen molar-refractivity contribution in [3.8, 4) is 0 Å². The normalized spacial score (nSPS) is 20.1. The number of carbonyl (C=O) groups excluding carboxylic acids is 1. The SMILES string of the molecule is O=C(NC(c1noc(C2CCc3[nH]ncc3C2)n1)C1CC1)c1ccccc1. The van der Waals surface area contributed by atoms with Gasteiger partial charge in [0.25, 0.3) is 5.91 Å². The molecule has 27 heavy (non-hydrogen) atoms. The first kappa shape index (κ1) is 16.2. The third-order valence-electron chi connectivity index (χ3n) is 5.52. The molecule has 1 fully saturated rings. The molecule has 0 saturated heterocycles. The van der Waals surface area contributed by atoms with Gasteiger partial charge in [0.2, 0.25) is 5.89 Å². The highest BCUT2D eigenvalue weighted by Gasteiger charge is 2.37. The summed E-state index contributed by atoms with van der Waals surface area (Å²) in [7, 11) is 0. The number of fused-ring (bicyclic) bond motifs is 1. The van der Waals surface area contributed by atoms with E-state index in [1.807, 2.05) is 36.5 Å². The lowest BCUT2D eigenvalue weighted by atomic mass is 9.88. The first-order valence-electron chi connectivity index (χ1n) is 9.48. The van der Waals surface area contributed by atoms with E-state index in [2.05, 4.69) is 25.7 Å². The number of hydrogen-bond acceptors (Lipinski definition) is 5. The Hall–Kier alpha value is -2.96. The zero-order chi connectivity index (χ0) is 18.2. The molecule has 2 aromatic heterocycles. The second-order valence-electron chi connectivity index (χ2n) is 7.46. The fourth-order valence-electron chi connectivity index (χ4n) is 3.80. The molecule has 2 N–H and O–H groups in total. The molecule has 1 amide bonds. The maximum atomic E-state index is 12.6. The average Bonchev–Trinajstić information content (AvgIpc) is 3.24. The van der Waals surface area contributed by atoms with Crippen LogP contribution in [-0.2, 0) is 12.8 Å². The van der Waals surface area contributed by atoms with Gasteiger partial charge in [0.15, 0.2) is 5.82 Å². The van der Waals surface area contributed by atoms with Crippen molar-refractivity contribution in [1.29, 1.82) is 0 Å². The Morgan fingerprint density at radius 3 is 2.89 bits per heavy atom. The zero-order valence-electron chi connectivity index (χ0n) is 14.9. The topological polar surface area (TPSA) is 96.7 Å². The Morgan fingerprint density at radius 2 is 2.07 bits per heavy atom. The second kappa shape index (κ2) is 6.64. The van der Waals surface area contributed by atoms with Crippen molar-refractivity contribution in [2.45, 2.75) is 44.1 Å². The molecular formula is C20H21N5O2.